The quantitative estimate of drug-likeness (QED) is 0.773. The predicted molar refractivity (Wildman–Crippen MR) is 68.9 cm³/mol. The second-order valence-corrected chi connectivity index (χ2v) is 4.72. The Kier molecular flexibility index (Phi) is 4.24. The van der Waals surface area contributed by atoms with Gasteiger partial charge in [0.15, 0.2) is 0 Å². The van der Waals surface area contributed by atoms with Gasteiger partial charge < -0.3 is 9.64 Å². The smallest absolute Gasteiger partial charge is 0.257 e. The summed E-state index contributed by atoms with van der Waals surface area (Å²) in [6.07, 6.45) is 2.48. The number of aryl methyl sites for hydroxylation is 2. The molecule has 1 unspecified atom stereocenters. The molecule has 1 aliphatic heterocycles. The van der Waals surface area contributed by atoms with Crippen LogP contribution in [0.2, 0.25) is 0 Å². The van der Waals surface area contributed by atoms with Crippen molar-refractivity contribution in [2.24, 2.45) is 7.05 Å². The van der Waals surface area contributed by atoms with Crippen LogP contribution in [0.15, 0.2) is 6.20 Å². The van der Waals surface area contributed by atoms with Gasteiger partial charge in [0.05, 0.1) is 29.8 Å². The van der Waals surface area contributed by atoms with Crippen LogP contribution in [0, 0.1) is 0 Å². The topological polar surface area (TPSA) is 47.4 Å². The first-order chi connectivity index (χ1) is 8.65. The second kappa shape index (κ2) is 5.71. The van der Waals surface area contributed by atoms with Gasteiger partial charge in [-0.1, -0.05) is 6.92 Å². The first-order valence-electron chi connectivity index (χ1n) is 6.15. The highest BCUT2D eigenvalue weighted by molar-refractivity contribution is 6.18. The second-order valence-electron chi connectivity index (χ2n) is 4.41. The fourth-order valence-corrected chi connectivity index (χ4v) is 2.33. The van der Waals surface area contributed by atoms with Crippen LogP contribution in [-0.4, -0.2) is 52.3 Å². The number of ether oxygens (including phenoxy) is 1. The van der Waals surface area contributed by atoms with E-state index in [1.165, 1.54) is 0 Å². The van der Waals surface area contributed by atoms with E-state index in [4.69, 9.17) is 16.3 Å². The van der Waals surface area contributed by atoms with E-state index in [-0.39, 0.29) is 12.0 Å². The molecular weight excluding hydrogens is 254 g/mol. The van der Waals surface area contributed by atoms with E-state index in [1.807, 2.05) is 14.0 Å². The van der Waals surface area contributed by atoms with Crippen molar-refractivity contribution in [2.45, 2.75) is 19.4 Å². The van der Waals surface area contributed by atoms with E-state index < -0.39 is 0 Å². The van der Waals surface area contributed by atoms with Crippen molar-refractivity contribution in [1.29, 1.82) is 0 Å². The average molecular weight is 272 g/mol. The summed E-state index contributed by atoms with van der Waals surface area (Å²) in [7, 11) is 1.83. The van der Waals surface area contributed by atoms with E-state index >= 15 is 0 Å². The Labute approximate surface area is 112 Å². The highest BCUT2D eigenvalue weighted by Crippen LogP contribution is 2.14. The summed E-state index contributed by atoms with van der Waals surface area (Å²) in [5.74, 6) is 0.440. The number of carbonyl (C=O) groups excluding carboxylic acids is 1. The molecule has 1 fully saturated rings. The lowest BCUT2D eigenvalue weighted by atomic mass is 10.1. The SMILES string of the molecule is CCc1nn(C)cc1C(=O)N1CCOC(CCl)C1. The van der Waals surface area contributed by atoms with Gasteiger partial charge in [0.25, 0.3) is 5.91 Å². The lowest BCUT2D eigenvalue weighted by molar-refractivity contribution is -0.0108. The number of halogens is 1. The van der Waals surface area contributed by atoms with Crippen LogP contribution in [0.3, 0.4) is 0 Å². The number of morpholine rings is 1. The van der Waals surface area contributed by atoms with Gasteiger partial charge in [0.1, 0.15) is 0 Å². The van der Waals surface area contributed by atoms with Gasteiger partial charge in [-0.2, -0.15) is 5.10 Å². The number of nitrogens with zero attached hydrogens (tertiary/aromatic N) is 3. The van der Waals surface area contributed by atoms with Crippen LogP contribution in [-0.2, 0) is 18.2 Å². The molecule has 0 radical (unpaired) electrons. The lowest BCUT2D eigenvalue weighted by Gasteiger charge is -2.31. The monoisotopic (exact) mass is 271 g/mol. The van der Waals surface area contributed by atoms with E-state index in [9.17, 15) is 4.79 Å². The highest BCUT2D eigenvalue weighted by atomic mass is 35.5. The number of carbonyl (C=O) groups is 1. The summed E-state index contributed by atoms with van der Waals surface area (Å²) in [5.41, 5.74) is 1.53. The van der Waals surface area contributed by atoms with Gasteiger partial charge in [0, 0.05) is 26.3 Å². The maximum absolute atomic E-state index is 12.4. The number of hydrogen-bond acceptors (Lipinski definition) is 3. The van der Waals surface area contributed by atoms with Crippen LogP contribution in [0.5, 0.6) is 0 Å². The van der Waals surface area contributed by atoms with Gasteiger partial charge in [-0.3, -0.25) is 9.48 Å². The number of aromatic nitrogens is 2. The fourth-order valence-electron chi connectivity index (χ4n) is 2.14. The highest BCUT2D eigenvalue weighted by Gasteiger charge is 2.26. The van der Waals surface area contributed by atoms with E-state index in [0.717, 1.165) is 12.1 Å². The normalized spacial score (nSPS) is 20.2. The van der Waals surface area contributed by atoms with E-state index in [2.05, 4.69) is 5.10 Å². The maximum atomic E-state index is 12.4. The van der Waals surface area contributed by atoms with E-state index in [0.29, 0.717) is 31.1 Å². The van der Waals surface area contributed by atoms with E-state index in [1.54, 1.807) is 15.8 Å². The molecule has 2 heterocycles. The largest absolute Gasteiger partial charge is 0.373 e. The predicted octanol–water partition coefficient (Wildman–Crippen LogP) is 1.06. The molecule has 1 aliphatic rings. The third kappa shape index (κ3) is 2.67. The number of rotatable bonds is 3. The zero-order chi connectivity index (χ0) is 13.1. The first kappa shape index (κ1) is 13.4. The lowest BCUT2D eigenvalue weighted by Crippen LogP contribution is -2.46. The molecule has 0 saturated carbocycles. The van der Waals surface area contributed by atoms with Crippen molar-refractivity contribution in [3.05, 3.63) is 17.5 Å². The molecule has 5 nitrogen and oxygen atoms in total. The molecule has 18 heavy (non-hydrogen) atoms. The summed E-state index contributed by atoms with van der Waals surface area (Å²) in [6.45, 7) is 3.72. The molecule has 2 rings (SSSR count). The molecule has 6 heteroatoms. The molecule has 0 aliphatic carbocycles. The van der Waals surface area contributed by atoms with Gasteiger partial charge in [-0.25, -0.2) is 0 Å². The number of hydrogen-bond donors (Lipinski definition) is 0. The molecule has 0 aromatic carbocycles. The Morgan fingerprint density at radius 2 is 2.44 bits per heavy atom. The van der Waals surface area contributed by atoms with Gasteiger partial charge >= 0.3 is 0 Å². The van der Waals surface area contributed by atoms with Crippen LogP contribution in [0.25, 0.3) is 0 Å². The minimum Gasteiger partial charge on any atom is -0.373 e. The standard InChI is InChI=1S/C12H18ClN3O2/c1-3-11-10(8-15(2)14-11)12(17)16-4-5-18-9(6-13)7-16/h8-9H,3-7H2,1-2H3. The fraction of sp³-hybridized carbons (Fsp3) is 0.667. The first-order valence-corrected chi connectivity index (χ1v) is 6.68. The average Bonchev–Trinajstić information content (AvgIpc) is 2.79. The number of alkyl halides is 1. The zero-order valence-corrected chi connectivity index (χ0v) is 11.5. The minimum atomic E-state index is -0.0638. The van der Waals surface area contributed by atoms with Crippen LogP contribution in [0.1, 0.15) is 23.0 Å². The van der Waals surface area contributed by atoms with Crippen molar-refractivity contribution in [2.75, 3.05) is 25.6 Å². The summed E-state index contributed by atoms with van der Waals surface area (Å²) >= 11 is 5.78. The summed E-state index contributed by atoms with van der Waals surface area (Å²) in [6, 6.07) is 0. The molecule has 0 spiro atoms. The van der Waals surface area contributed by atoms with Gasteiger partial charge in [-0.05, 0) is 6.42 Å². The molecule has 100 valence electrons. The number of amides is 1. The van der Waals surface area contributed by atoms with Gasteiger partial charge in [-0.15, -0.1) is 11.6 Å². The Balaban J connectivity index is 2.14. The third-order valence-electron chi connectivity index (χ3n) is 3.07. The van der Waals surface area contributed by atoms with Crippen molar-refractivity contribution < 1.29 is 9.53 Å². The van der Waals surface area contributed by atoms with Crippen LogP contribution >= 0.6 is 11.6 Å². The molecular formula is C12H18ClN3O2. The molecule has 0 bridgehead atoms. The zero-order valence-electron chi connectivity index (χ0n) is 10.7. The molecule has 0 N–H and O–H groups in total. The summed E-state index contributed by atoms with van der Waals surface area (Å²) in [4.78, 5) is 14.2. The van der Waals surface area contributed by atoms with Crippen molar-refractivity contribution in [3.63, 3.8) is 0 Å². The Hall–Kier alpha value is -1.07. The van der Waals surface area contributed by atoms with Crippen LogP contribution in [0.4, 0.5) is 0 Å². The minimum absolute atomic E-state index is 0.0263. The maximum Gasteiger partial charge on any atom is 0.257 e. The summed E-state index contributed by atoms with van der Waals surface area (Å²) in [5, 5.41) is 4.30. The van der Waals surface area contributed by atoms with Crippen molar-refractivity contribution >= 4 is 17.5 Å². The molecule has 1 aromatic rings. The molecule has 1 aromatic heterocycles. The Morgan fingerprint density at radius 3 is 3.11 bits per heavy atom. The third-order valence-corrected chi connectivity index (χ3v) is 3.41. The summed E-state index contributed by atoms with van der Waals surface area (Å²) < 4.78 is 7.14. The van der Waals surface area contributed by atoms with Crippen LogP contribution < -0.4 is 0 Å². The molecule has 1 amide bonds. The Bertz CT molecular complexity index is 433. The molecule has 1 saturated heterocycles. The van der Waals surface area contributed by atoms with Gasteiger partial charge in [0.2, 0.25) is 0 Å². The van der Waals surface area contributed by atoms with Crippen molar-refractivity contribution in [3.8, 4) is 0 Å². The Morgan fingerprint density at radius 1 is 1.67 bits per heavy atom. The molecule has 1 atom stereocenters. The van der Waals surface area contributed by atoms with Crippen molar-refractivity contribution in [1.82, 2.24) is 14.7 Å².